The van der Waals surface area contributed by atoms with Gasteiger partial charge in [-0.3, -0.25) is 4.79 Å². The van der Waals surface area contributed by atoms with Crippen LogP contribution in [-0.2, 0) is 11.2 Å². The van der Waals surface area contributed by atoms with E-state index in [4.69, 9.17) is 5.73 Å². The quantitative estimate of drug-likeness (QED) is 0.884. The molecule has 18 heavy (non-hydrogen) atoms. The lowest BCUT2D eigenvalue weighted by Crippen LogP contribution is -2.48. The predicted octanol–water partition coefficient (Wildman–Crippen LogP) is 1.81. The Bertz CT molecular complexity index is 391. The molecule has 1 aromatic rings. The van der Waals surface area contributed by atoms with Crippen LogP contribution in [0.5, 0.6) is 0 Å². The summed E-state index contributed by atoms with van der Waals surface area (Å²) in [7, 11) is 0. The summed E-state index contributed by atoms with van der Waals surface area (Å²) in [6.07, 6.45) is 2.36. The molecule has 2 atom stereocenters. The van der Waals surface area contributed by atoms with E-state index in [1.165, 1.54) is 5.56 Å². The van der Waals surface area contributed by atoms with Gasteiger partial charge in [-0.25, -0.2) is 0 Å². The highest BCUT2D eigenvalue weighted by Crippen LogP contribution is 2.16. The summed E-state index contributed by atoms with van der Waals surface area (Å²) in [4.78, 5) is 14.1. The normalized spacial score (nSPS) is 24.0. The number of hydrogen-bond acceptors (Lipinski definition) is 2. The molecule has 0 aromatic heterocycles. The van der Waals surface area contributed by atoms with Gasteiger partial charge >= 0.3 is 0 Å². The maximum atomic E-state index is 12.1. The van der Waals surface area contributed by atoms with Gasteiger partial charge in [-0.15, -0.1) is 0 Å². The Balaban J connectivity index is 1.82. The van der Waals surface area contributed by atoms with Crippen molar-refractivity contribution in [3.8, 4) is 0 Å². The van der Waals surface area contributed by atoms with Gasteiger partial charge in [0.25, 0.3) is 0 Å². The molecule has 2 unspecified atom stereocenters. The first kappa shape index (κ1) is 13.1. The van der Waals surface area contributed by atoms with Gasteiger partial charge < -0.3 is 10.6 Å². The Morgan fingerprint density at radius 1 is 1.39 bits per heavy atom. The van der Waals surface area contributed by atoms with E-state index in [2.05, 4.69) is 19.1 Å². The van der Waals surface area contributed by atoms with Crippen molar-refractivity contribution in [2.24, 2.45) is 11.7 Å². The SMILES string of the molecule is CC1CN(C(=O)CCc2ccccc2)CCC1N. The summed E-state index contributed by atoms with van der Waals surface area (Å²) in [5.41, 5.74) is 7.20. The zero-order chi connectivity index (χ0) is 13.0. The highest BCUT2D eigenvalue weighted by atomic mass is 16.2. The lowest BCUT2D eigenvalue weighted by atomic mass is 9.94. The average molecular weight is 246 g/mol. The number of aryl methyl sites for hydroxylation is 1. The van der Waals surface area contributed by atoms with Crippen molar-refractivity contribution in [3.63, 3.8) is 0 Å². The Morgan fingerprint density at radius 2 is 2.11 bits per heavy atom. The van der Waals surface area contributed by atoms with Gasteiger partial charge in [0.05, 0.1) is 0 Å². The van der Waals surface area contributed by atoms with E-state index in [1.807, 2.05) is 23.1 Å². The van der Waals surface area contributed by atoms with Crippen molar-refractivity contribution in [2.75, 3.05) is 13.1 Å². The smallest absolute Gasteiger partial charge is 0.222 e. The third-order valence-corrected chi connectivity index (χ3v) is 3.79. The molecule has 3 heteroatoms. The van der Waals surface area contributed by atoms with Gasteiger partial charge in [0.15, 0.2) is 0 Å². The molecule has 1 fully saturated rings. The molecule has 0 radical (unpaired) electrons. The monoisotopic (exact) mass is 246 g/mol. The minimum Gasteiger partial charge on any atom is -0.342 e. The zero-order valence-corrected chi connectivity index (χ0v) is 11.0. The fourth-order valence-corrected chi connectivity index (χ4v) is 2.44. The van der Waals surface area contributed by atoms with Crippen LogP contribution < -0.4 is 5.73 Å². The fourth-order valence-electron chi connectivity index (χ4n) is 2.44. The Morgan fingerprint density at radius 3 is 2.78 bits per heavy atom. The summed E-state index contributed by atoms with van der Waals surface area (Å²) < 4.78 is 0. The highest BCUT2D eigenvalue weighted by molar-refractivity contribution is 5.76. The number of hydrogen-bond donors (Lipinski definition) is 1. The van der Waals surface area contributed by atoms with Crippen LogP contribution in [0.3, 0.4) is 0 Å². The van der Waals surface area contributed by atoms with Crippen molar-refractivity contribution < 1.29 is 4.79 Å². The van der Waals surface area contributed by atoms with Gasteiger partial charge in [0.2, 0.25) is 5.91 Å². The van der Waals surface area contributed by atoms with E-state index >= 15 is 0 Å². The van der Waals surface area contributed by atoms with Crippen molar-refractivity contribution in [1.29, 1.82) is 0 Å². The summed E-state index contributed by atoms with van der Waals surface area (Å²) in [5, 5.41) is 0. The number of benzene rings is 1. The Hall–Kier alpha value is -1.35. The lowest BCUT2D eigenvalue weighted by molar-refractivity contribution is -0.133. The van der Waals surface area contributed by atoms with E-state index in [1.54, 1.807) is 0 Å². The number of carbonyl (C=O) groups is 1. The first-order chi connectivity index (χ1) is 8.66. The van der Waals surface area contributed by atoms with Crippen LogP contribution in [-0.4, -0.2) is 29.9 Å². The molecule has 0 aliphatic carbocycles. The minimum absolute atomic E-state index is 0.253. The number of amides is 1. The van der Waals surface area contributed by atoms with Crippen LogP contribution in [0.1, 0.15) is 25.3 Å². The summed E-state index contributed by atoms with van der Waals surface area (Å²) in [6.45, 7) is 3.76. The van der Waals surface area contributed by atoms with Gasteiger partial charge in [-0.1, -0.05) is 37.3 Å². The predicted molar refractivity (Wildman–Crippen MR) is 73.1 cm³/mol. The van der Waals surface area contributed by atoms with Gasteiger partial charge in [-0.2, -0.15) is 0 Å². The molecular weight excluding hydrogens is 224 g/mol. The second kappa shape index (κ2) is 6.01. The number of piperidine rings is 1. The molecule has 1 aromatic carbocycles. The molecule has 1 heterocycles. The van der Waals surface area contributed by atoms with Gasteiger partial charge in [0, 0.05) is 25.6 Å². The second-order valence-corrected chi connectivity index (χ2v) is 5.26. The molecule has 1 aliphatic rings. The molecule has 2 N–H and O–H groups in total. The van der Waals surface area contributed by atoms with Crippen molar-refractivity contribution in [3.05, 3.63) is 35.9 Å². The maximum Gasteiger partial charge on any atom is 0.222 e. The Kier molecular flexibility index (Phi) is 4.37. The first-order valence-electron chi connectivity index (χ1n) is 6.74. The molecule has 1 aliphatic heterocycles. The number of likely N-dealkylation sites (tertiary alicyclic amines) is 1. The van der Waals surface area contributed by atoms with E-state index < -0.39 is 0 Å². The first-order valence-corrected chi connectivity index (χ1v) is 6.74. The van der Waals surface area contributed by atoms with Crippen LogP contribution in [0.2, 0.25) is 0 Å². The standard InChI is InChI=1S/C15H22N2O/c1-12-11-17(10-9-14(12)16)15(18)8-7-13-5-3-2-4-6-13/h2-6,12,14H,7-11,16H2,1H3. The summed E-state index contributed by atoms with van der Waals surface area (Å²) in [6, 6.07) is 10.4. The second-order valence-electron chi connectivity index (χ2n) is 5.26. The van der Waals surface area contributed by atoms with Crippen LogP contribution in [0.4, 0.5) is 0 Å². The molecule has 3 nitrogen and oxygen atoms in total. The molecule has 1 saturated heterocycles. The van der Waals surface area contributed by atoms with Gasteiger partial charge in [0.1, 0.15) is 0 Å². The van der Waals surface area contributed by atoms with Gasteiger partial charge in [-0.05, 0) is 24.3 Å². The van der Waals surface area contributed by atoms with Crippen molar-refractivity contribution in [2.45, 2.75) is 32.2 Å². The van der Waals surface area contributed by atoms with Crippen molar-refractivity contribution >= 4 is 5.91 Å². The molecular formula is C15H22N2O. The van der Waals surface area contributed by atoms with Crippen molar-refractivity contribution in [1.82, 2.24) is 4.90 Å². The van der Waals surface area contributed by atoms with Crippen LogP contribution in [0, 0.1) is 5.92 Å². The lowest BCUT2D eigenvalue weighted by Gasteiger charge is -2.35. The third kappa shape index (κ3) is 3.33. The average Bonchev–Trinajstić information content (AvgIpc) is 2.40. The zero-order valence-electron chi connectivity index (χ0n) is 11.0. The molecule has 98 valence electrons. The molecule has 0 saturated carbocycles. The number of nitrogens with zero attached hydrogens (tertiary/aromatic N) is 1. The van der Waals surface area contributed by atoms with E-state index in [0.29, 0.717) is 12.3 Å². The van der Waals surface area contributed by atoms with Crippen LogP contribution in [0.15, 0.2) is 30.3 Å². The number of nitrogens with two attached hydrogens (primary N) is 1. The Labute approximate surface area is 109 Å². The summed E-state index contributed by atoms with van der Waals surface area (Å²) >= 11 is 0. The molecule has 0 bridgehead atoms. The van der Waals surface area contributed by atoms with Crippen LogP contribution >= 0.6 is 0 Å². The topological polar surface area (TPSA) is 46.3 Å². The maximum absolute atomic E-state index is 12.1. The highest BCUT2D eigenvalue weighted by Gasteiger charge is 2.25. The van der Waals surface area contributed by atoms with E-state index in [0.717, 1.165) is 25.9 Å². The molecule has 2 rings (SSSR count). The summed E-state index contributed by atoms with van der Waals surface area (Å²) in [5.74, 6) is 0.678. The van der Waals surface area contributed by atoms with E-state index in [9.17, 15) is 4.79 Å². The van der Waals surface area contributed by atoms with E-state index in [-0.39, 0.29) is 11.9 Å². The fraction of sp³-hybridized carbons (Fsp3) is 0.533. The minimum atomic E-state index is 0.253. The third-order valence-electron chi connectivity index (χ3n) is 3.79. The van der Waals surface area contributed by atoms with Crippen LogP contribution in [0.25, 0.3) is 0 Å². The number of rotatable bonds is 3. The molecule has 1 amide bonds. The molecule has 0 spiro atoms. The largest absolute Gasteiger partial charge is 0.342 e. The number of carbonyl (C=O) groups excluding carboxylic acids is 1.